The number of halogens is 1. The van der Waals surface area contributed by atoms with Gasteiger partial charge in [0.2, 0.25) is 5.28 Å². The van der Waals surface area contributed by atoms with Crippen molar-refractivity contribution in [3.8, 4) is 0 Å². The fourth-order valence-corrected chi connectivity index (χ4v) is 5.22. The van der Waals surface area contributed by atoms with E-state index < -0.39 is 57.1 Å². The second-order valence-electron chi connectivity index (χ2n) is 9.63. The van der Waals surface area contributed by atoms with Crippen LogP contribution in [0.1, 0.15) is 31.3 Å². The number of fused-ring (bicyclic) bond motifs is 1. The molecule has 2 fully saturated rings. The number of nitrogens with one attached hydrogen (secondary N) is 2. The Morgan fingerprint density at radius 1 is 1.27 bits per heavy atom. The van der Waals surface area contributed by atoms with Gasteiger partial charge in [0.05, 0.1) is 31.4 Å². The summed E-state index contributed by atoms with van der Waals surface area (Å²) in [7, 11) is -5.07. The van der Waals surface area contributed by atoms with Crippen molar-refractivity contribution in [2.24, 2.45) is 5.92 Å². The molecule has 3 aromatic rings. The number of hydrogen-bond donors (Lipinski definition) is 7. The Balaban J connectivity index is 1.27. The summed E-state index contributed by atoms with van der Waals surface area (Å²) in [5.41, 5.74) is 0.245. The number of ether oxygens (including phenoxy) is 3. The monoisotopic (exact) mass is 605 g/mol. The molecular formula is C20H29ClN9O9P. The molecule has 5 rings (SSSR count). The smallest absolute Gasteiger partial charge is 0.359 e. The number of aliphatic hydroxyl groups is 3. The van der Waals surface area contributed by atoms with Gasteiger partial charge in [-0.15, -0.1) is 10.2 Å². The first kappa shape index (κ1) is 29.1. The molecule has 1 saturated heterocycles. The predicted molar refractivity (Wildman–Crippen MR) is 134 cm³/mol. The third-order valence-electron chi connectivity index (χ3n) is 6.81. The van der Waals surface area contributed by atoms with E-state index in [9.17, 15) is 29.7 Å². The van der Waals surface area contributed by atoms with Gasteiger partial charge in [-0.1, -0.05) is 5.21 Å². The van der Waals surface area contributed by atoms with E-state index in [0.717, 1.165) is 12.8 Å². The normalized spacial score (nSPS) is 24.9. The van der Waals surface area contributed by atoms with E-state index in [1.807, 2.05) is 0 Å². The lowest BCUT2D eigenvalue weighted by atomic mass is 10.1. The van der Waals surface area contributed by atoms with Crippen LogP contribution in [0.15, 0.2) is 6.20 Å². The van der Waals surface area contributed by atoms with Crippen molar-refractivity contribution in [3.63, 3.8) is 0 Å². The SMILES string of the molecule is O=P(O)(O)[C@@](CO)(CCOCc1nn[nH]n1)OC[C@H]1O[C@@H](n2ncc3c(NCC4CC4)nc(Cl)nc32)[C@H](O)[C@@H]1O. The van der Waals surface area contributed by atoms with Crippen LogP contribution in [0.2, 0.25) is 5.28 Å². The maximum absolute atomic E-state index is 12.3. The number of rotatable bonds is 14. The second kappa shape index (κ2) is 11.8. The zero-order valence-electron chi connectivity index (χ0n) is 20.9. The van der Waals surface area contributed by atoms with Gasteiger partial charge in [-0.05, 0) is 30.4 Å². The molecule has 0 bridgehead atoms. The van der Waals surface area contributed by atoms with Gasteiger partial charge in [0.1, 0.15) is 30.7 Å². The van der Waals surface area contributed by atoms with Crippen molar-refractivity contribution >= 4 is 36.0 Å². The average molecular weight is 606 g/mol. The number of aromatic nitrogens is 8. The Morgan fingerprint density at radius 3 is 2.75 bits per heavy atom. The molecule has 220 valence electrons. The first-order chi connectivity index (χ1) is 19.1. The lowest BCUT2D eigenvalue weighted by Crippen LogP contribution is -2.42. The highest BCUT2D eigenvalue weighted by Gasteiger charge is 2.51. The number of hydrogen-bond acceptors (Lipinski definition) is 14. The van der Waals surface area contributed by atoms with Crippen LogP contribution in [-0.4, -0.2) is 115 Å². The van der Waals surface area contributed by atoms with Crippen LogP contribution in [0.25, 0.3) is 11.0 Å². The Labute approximate surface area is 231 Å². The van der Waals surface area contributed by atoms with Gasteiger partial charge < -0.3 is 44.6 Å². The summed E-state index contributed by atoms with van der Waals surface area (Å²) >= 11 is 6.13. The molecule has 0 radical (unpaired) electrons. The summed E-state index contributed by atoms with van der Waals surface area (Å²) in [5, 5.41) is 50.0. The van der Waals surface area contributed by atoms with Crippen molar-refractivity contribution in [2.75, 3.05) is 31.7 Å². The number of anilines is 1. The van der Waals surface area contributed by atoms with Gasteiger partial charge in [-0.3, -0.25) is 4.57 Å². The third-order valence-corrected chi connectivity index (χ3v) is 8.54. The molecule has 1 aliphatic carbocycles. The molecule has 18 nitrogen and oxygen atoms in total. The Kier molecular flexibility index (Phi) is 8.63. The van der Waals surface area contributed by atoms with Crippen LogP contribution in [0, 0.1) is 5.92 Å². The highest BCUT2D eigenvalue weighted by molar-refractivity contribution is 7.53. The molecule has 7 N–H and O–H groups in total. The van der Waals surface area contributed by atoms with E-state index in [2.05, 4.69) is 41.0 Å². The summed E-state index contributed by atoms with van der Waals surface area (Å²) in [6.07, 6.45) is -2.21. The van der Waals surface area contributed by atoms with Crippen LogP contribution in [0.4, 0.5) is 5.82 Å². The van der Waals surface area contributed by atoms with E-state index in [1.165, 1.54) is 10.9 Å². The molecule has 0 unspecified atom stereocenters. The summed E-state index contributed by atoms with van der Waals surface area (Å²) in [6.45, 7) is -1.28. The molecule has 4 heterocycles. The van der Waals surface area contributed by atoms with Crippen molar-refractivity contribution in [1.29, 1.82) is 0 Å². The van der Waals surface area contributed by atoms with Crippen molar-refractivity contribution in [3.05, 3.63) is 17.3 Å². The second-order valence-corrected chi connectivity index (χ2v) is 11.9. The molecule has 20 heteroatoms. The minimum atomic E-state index is -5.07. The van der Waals surface area contributed by atoms with Crippen LogP contribution >= 0.6 is 19.2 Å². The largest absolute Gasteiger partial charge is 0.393 e. The molecule has 2 aliphatic rings. The average Bonchev–Trinajstić information content (AvgIpc) is 3.28. The molecule has 40 heavy (non-hydrogen) atoms. The minimum Gasteiger partial charge on any atom is -0.393 e. The third kappa shape index (κ3) is 6.11. The Bertz CT molecular complexity index is 1340. The van der Waals surface area contributed by atoms with E-state index >= 15 is 0 Å². The maximum atomic E-state index is 12.3. The quantitative estimate of drug-likeness (QED) is 0.0655. The van der Waals surface area contributed by atoms with Gasteiger partial charge in [0, 0.05) is 13.0 Å². The van der Waals surface area contributed by atoms with E-state index in [-0.39, 0.29) is 30.0 Å². The zero-order chi connectivity index (χ0) is 28.5. The maximum Gasteiger partial charge on any atom is 0.359 e. The Morgan fingerprint density at radius 2 is 2.08 bits per heavy atom. The van der Waals surface area contributed by atoms with Gasteiger partial charge in [-0.2, -0.15) is 20.3 Å². The first-order valence-corrected chi connectivity index (χ1v) is 14.4. The topological polar surface area (TPSA) is 256 Å². The summed E-state index contributed by atoms with van der Waals surface area (Å²) < 4.78 is 30.2. The van der Waals surface area contributed by atoms with Crippen molar-refractivity contribution in [1.82, 2.24) is 40.4 Å². The summed E-state index contributed by atoms with van der Waals surface area (Å²) in [5.74, 6) is 1.25. The minimum absolute atomic E-state index is 0.0589. The van der Waals surface area contributed by atoms with E-state index in [0.29, 0.717) is 23.7 Å². The molecule has 0 amide bonds. The lowest BCUT2D eigenvalue weighted by Gasteiger charge is -2.33. The first-order valence-electron chi connectivity index (χ1n) is 12.4. The van der Waals surface area contributed by atoms with Crippen LogP contribution in [0.3, 0.4) is 0 Å². The molecule has 1 aliphatic heterocycles. The van der Waals surface area contributed by atoms with Gasteiger partial charge >= 0.3 is 7.60 Å². The van der Waals surface area contributed by atoms with Gasteiger partial charge in [0.15, 0.2) is 23.0 Å². The summed E-state index contributed by atoms with van der Waals surface area (Å²) in [4.78, 5) is 28.4. The zero-order valence-corrected chi connectivity index (χ0v) is 22.6. The number of nitrogens with zero attached hydrogens (tertiary/aromatic N) is 7. The number of aromatic amines is 1. The number of H-pyrrole nitrogens is 1. The standard InChI is InChI=1S/C20H29ClN9O9P/c21-19-24-16(22-5-10-1-2-10)11-6-23-30(17(11)25-19)18-15(33)14(32)12(39-18)7-38-20(9-31,40(34,35)36)3-4-37-8-13-26-28-29-27-13/h6,10,12,14-15,18,31-33H,1-5,7-9H2,(H,22,24,25)(H2,34,35,36)(H,26,27,28,29)/t12-,14-,15-,18-,20-/m1/s1. The molecular weight excluding hydrogens is 577 g/mol. The lowest BCUT2D eigenvalue weighted by molar-refractivity contribution is -0.116. The van der Waals surface area contributed by atoms with Gasteiger partial charge in [0.25, 0.3) is 0 Å². The highest BCUT2D eigenvalue weighted by atomic mass is 35.5. The van der Waals surface area contributed by atoms with Crippen molar-refractivity contribution < 1.29 is 43.9 Å². The fraction of sp³-hybridized carbons (Fsp3) is 0.700. The van der Waals surface area contributed by atoms with E-state index in [1.54, 1.807) is 0 Å². The summed E-state index contributed by atoms with van der Waals surface area (Å²) in [6, 6.07) is 0. The van der Waals surface area contributed by atoms with Crippen LogP contribution in [-0.2, 0) is 25.4 Å². The van der Waals surface area contributed by atoms with Crippen molar-refractivity contribution in [2.45, 2.75) is 55.8 Å². The number of tetrazole rings is 1. The molecule has 0 spiro atoms. The fourth-order valence-electron chi connectivity index (χ4n) is 4.25. The molecule has 3 aromatic heterocycles. The van der Waals surface area contributed by atoms with Gasteiger partial charge in [-0.25, -0.2) is 4.68 Å². The number of aliphatic hydroxyl groups excluding tert-OH is 3. The van der Waals surface area contributed by atoms with Crippen LogP contribution < -0.4 is 5.32 Å². The molecule has 0 aromatic carbocycles. The Hall–Kier alpha value is -2.38. The molecule has 5 atom stereocenters. The molecule has 1 saturated carbocycles. The highest BCUT2D eigenvalue weighted by Crippen LogP contribution is 2.53. The van der Waals surface area contributed by atoms with E-state index in [4.69, 9.17) is 25.8 Å². The predicted octanol–water partition coefficient (Wildman–Crippen LogP) is -1.08. The van der Waals surface area contributed by atoms with Crippen LogP contribution in [0.5, 0.6) is 0 Å².